The fourth-order valence-electron chi connectivity index (χ4n) is 4.61. The van der Waals surface area contributed by atoms with Crippen molar-refractivity contribution in [1.29, 1.82) is 0 Å². The van der Waals surface area contributed by atoms with Crippen LogP contribution in [-0.4, -0.2) is 37.4 Å². The van der Waals surface area contributed by atoms with E-state index in [4.69, 9.17) is 0 Å². The lowest BCUT2D eigenvalue weighted by atomic mass is 10.0. The van der Waals surface area contributed by atoms with Gasteiger partial charge in [0.2, 0.25) is 0 Å². The van der Waals surface area contributed by atoms with E-state index >= 15 is 0 Å². The van der Waals surface area contributed by atoms with Gasteiger partial charge in [-0.1, -0.05) is 87.9 Å². The SMILES string of the molecule is COC(=O)CCCCC#CCC#CCCCCCCCCC(O)CCCCCCCCC#CCC#CCCCCC(=O)OC. The summed E-state index contributed by atoms with van der Waals surface area (Å²) in [5, 5.41) is 10.3. The van der Waals surface area contributed by atoms with Crippen molar-refractivity contribution in [2.75, 3.05) is 14.2 Å². The quantitative estimate of drug-likeness (QED) is 0.0673. The average Bonchev–Trinajstić information content (AvgIpc) is 3.03. The van der Waals surface area contributed by atoms with Gasteiger partial charge >= 0.3 is 11.9 Å². The van der Waals surface area contributed by atoms with E-state index in [-0.39, 0.29) is 18.0 Å². The number of hydrogen-bond acceptors (Lipinski definition) is 5. The zero-order valence-electron chi connectivity index (χ0n) is 28.0. The summed E-state index contributed by atoms with van der Waals surface area (Å²) in [7, 11) is 2.84. The van der Waals surface area contributed by atoms with Gasteiger partial charge in [-0.3, -0.25) is 9.59 Å². The van der Waals surface area contributed by atoms with Crippen LogP contribution in [0.25, 0.3) is 0 Å². The Hall–Kier alpha value is -2.86. The number of esters is 2. The van der Waals surface area contributed by atoms with Crippen LogP contribution < -0.4 is 0 Å². The molecule has 44 heavy (non-hydrogen) atoms. The fraction of sp³-hybridized carbons (Fsp3) is 0.744. The van der Waals surface area contributed by atoms with Crippen molar-refractivity contribution in [3.63, 3.8) is 0 Å². The van der Waals surface area contributed by atoms with Gasteiger partial charge in [-0.05, 0) is 51.4 Å². The van der Waals surface area contributed by atoms with Crippen LogP contribution in [0.5, 0.6) is 0 Å². The molecule has 0 aliphatic carbocycles. The van der Waals surface area contributed by atoms with E-state index in [1.54, 1.807) is 0 Å². The molecule has 0 amide bonds. The molecule has 0 aromatic heterocycles. The van der Waals surface area contributed by atoms with E-state index in [0.717, 1.165) is 89.9 Å². The highest BCUT2D eigenvalue weighted by atomic mass is 16.5. The van der Waals surface area contributed by atoms with Gasteiger partial charge in [-0.2, -0.15) is 0 Å². The van der Waals surface area contributed by atoms with Crippen molar-refractivity contribution >= 4 is 11.9 Å². The van der Waals surface area contributed by atoms with Crippen molar-refractivity contribution < 1.29 is 24.2 Å². The monoisotopic (exact) mass is 608 g/mol. The maximum Gasteiger partial charge on any atom is 0.305 e. The number of aliphatic hydroxyl groups is 1. The standard InChI is InChI=1S/C39H60O5/c1-43-38(41)35-31-27-23-19-15-11-7-3-5-9-13-17-21-25-29-33-37(40)34-30-26-22-18-14-10-6-4-8-12-16-20-24-28-32-36-39(42)44-2/h37,40H,5-6,9-14,17-18,21-36H2,1-2H3. The molecule has 0 heterocycles. The summed E-state index contributed by atoms with van der Waals surface area (Å²) in [6.45, 7) is 0. The second-order valence-electron chi connectivity index (χ2n) is 11.3. The molecule has 0 atom stereocenters. The van der Waals surface area contributed by atoms with Crippen molar-refractivity contribution in [2.45, 2.75) is 173 Å². The number of rotatable bonds is 24. The largest absolute Gasteiger partial charge is 0.469 e. The molecule has 0 rings (SSSR count). The van der Waals surface area contributed by atoms with Crippen LogP contribution in [0.2, 0.25) is 0 Å². The first kappa shape index (κ1) is 41.1. The maximum absolute atomic E-state index is 11.0. The Morgan fingerprint density at radius 2 is 0.750 bits per heavy atom. The van der Waals surface area contributed by atoms with E-state index in [2.05, 4.69) is 56.8 Å². The minimum Gasteiger partial charge on any atom is -0.469 e. The molecule has 0 saturated carbocycles. The second kappa shape index (κ2) is 34.6. The summed E-state index contributed by atoms with van der Waals surface area (Å²) >= 11 is 0. The highest BCUT2D eigenvalue weighted by Gasteiger charge is 2.04. The fourth-order valence-corrected chi connectivity index (χ4v) is 4.61. The third-order valence-electron chi connectivity index (χ3n) is 7.35. The second-order valence-corrected chi connectivity index (χ2v) is 11.3. The molecular formula is C39H60O5. The Labute approximate surface area is 270 Å². The normalized spacial score (nSPS) is 9.91. The summed E-state index contributed by atoms with van der Waals surface area (Å²) < 4.78 is 9.23. The number of aliphatic hydroxyl groups excluding tert-OH is 1. The van der Waals surface area contributed by atoms with Crippen LogP contribution in [-0.2, 0) is 19.1 Å². The van der Waals surface area contributed by atoms with E-state index in [1.807, 2.05) is 0 Å². The smallest absolute Gasteiger partial charge is 0.305 e. The summed E-state index contributed by atoms with van der Waals surface area (Å²) in [5.74, 6) is 24.8. The molecule has 0 spiro atoms. The molecule has 0 saturated heterocycles. The number of methoxy groups -OCH3 is 2. The zero-order chi connectivity index (χ0) is 32.2. The molecule has 1 N–H and O–H groups in total. The van der Waals surface area contributed by atoms with Gasteiger partial charge < -0.3 is 14.6 Å². The van der Waals surface area contributed by atoms with Crippen LogP contribution in [0.3, 0.4) is 0 Å². The van der Waals surface area contributed by atoms with Crippen molar-refractivity contribution in [1.82, 2.24) is 0 Å². The molecule has 0 unspecified atom stereocenters. The van der Waals surface area contributed by atoms with Gasteiger partial charge in [0.25, 0.3) is 0 Å². The van der Waals surface area contributed by atoms with Gasteiger partial charge in [-0.25, -0.2) is 0 Å². The third kappa shape index (κ3) is 33.6. The number of carbonyl (C=O) groups is 2. The molecule has 0 bridgehead atoms. The van der Waals surface area contributed by atoms with Gasteiger partial charge in [-0.15, -0.1) is 23.7 Å². The molecule has 0 aliphatic rings. The molecule has 5 heteroatoms. The number of carbonyl (C=O) groups excluding carboxylic acids is 2. The van der Waals surface area contributed by atoms with E-state index < -0.39 is 0 Å². The van der Waals surface area contributed by atoms with Gasteiger partial charge in [0, 0.05) is 38.5 Å². The molecule has 246 valence electrons. The van der Waals surface area contributed by atoms with Crippen LogP contribution in [0, 0.1) is 47.4 Å². The lowest BCUT2D eigenvalue weighted by Gasteiger charge is -2.10. The molecule has 0 fully saturated rings. The molecular weight excluding hydrogens is 548 g/mol. The highest BCUT2D eigenvalue weighted by molar-refractivity contribution is 5.69. The first-order chi connectivity index (χ1) is 21.6. The van der Waals surface area contributed by atoms with E-state index in [1.165, 1.54) is 65.6 Å². The lowest BCUT2D eigenvalue weighted by Crippen LogP contribution is -2.05. The first-order valence-electron chi connectivity index (χ1n) is 17.2. The van der Waals surface area contributed by atoms with Crippen LogP contribution in [0.15, 0.2) is 0 Å². The Morgan fingerprint density at radius 1 is 0.455 bits per heavy atom. The number of ether oxygens (including phenoxy) is 2. The predicted molar refractivity (Wildman–Crippen MR) is 181 cm³/mol. The number of hydrogen-bond donors (Lipinski definition) is 1. The molecule has 0 aliphatic heterocycles. The minimum absolute atomic E-state index is 0.133. The van der Waals surface area contributed by atoms with Crippen molar-refractivity contribution in [3.8, 4) is 47.4 Å². The van der Waals surface area contributed by atoms with Crippen LogP contribution >= 0.6 is 0 Å². The molecule has 5 nitrogen and oxygen atoms in total. The summed E-state index contributed by atoms with van der Waals surface area (Å²) in [6.07, 6.45) is 25.5. The van der Waals surface area contributed by atoms with Gasteiger partial charge in [0.05, 0.1) is 33.2 Å². The maximum atomic E-state index is 11.0. The van der Waals surface area contributed by atoms with Crippen LogP contribution in [0.1, 0.15) is 167 Å². The Morgan fingerprint density at radius 3 is 1.09 bits per heavy atom. The van der Waals surface area contributed by atoms with Gasteiger partial charge in [0.15, 0.2) is 0 Å². The molecule has 0 aromatic carbocycles. The summed E-state index contributed by atoms with van der Waals surface area (Å²) in [4.78, 5) is 22.0. The summed E-state index contributed by atoms with van der Waals surface area (Å²) in [6, 6.07) is 0. The Kier molecular flexibility index (Phi) is 32.4. The molecule has 0 aromatic rings. The minimum atomic E-state index is -0.150. The predicted octanol–water partition coefficient (Wildman–Crippen LogP) is 8.85. The Balaban J connectivity index is 3.40. The van der Waals surface area contributed by atoms with Gasteiger partial charge in [0.1, 0.15) is 0 Å². The Bertz CT molecular complexity index is 875. The van der Waals surface area contributed by atoms with Crippen molar-refractivity contribution in [3.05, 3.63) is 0 Å². The number of unbranched alkanes of at least 4 members (excludes halogenated alkanes) is 16. The van der Waals surface area contributed by atoms with Crippen LogP contribution in [0.4, 0.5) is 0 Å². The highest BCUT2D eigenvalue weighted by Crippen LogP contribution is 2.14. The summed E-state index contributed by atoms with van der Waals surface area (Å²) in [5.41, 5.74) is 0. The van der Waals surface area contributed by atoms with E-state index in [9.17, 15) is 14.7 Å². The average molecular weight is 609 g/mol. The van der Waals surface area contributed by atoms with E-state index in [0.29, 0.717) is 25.7 Å². The first-order valence-corrected chi connectivity index (χ1v) is 17.2. The molecule has 0 radical (unpaired) electrons. The van der Waals surface area contributed by atoms with Crippen molar-refractivity contribution in [2.24, 2.45) is 0 Å². The third-order valence-corrected chi connectivity index (χ3v) is 7.35. The topological polar surface area (TPSA) is 72.8 Å². The lowest BCUT2D eigenvalue weighted by molar-refractivity contribution is -0.141. The zero-order valence-corrected chi connectivity index (χ0v) is 28.0.